The molecule has 0 spiro atoms. The van der Waals surface area contributed by atoms with Gasteiger partial charge >= 0.3 is 10.8 Å². The Hall–Kier alpha value is -3.08. The number of rotatable bonds is 6. The van der Waals surface area contributed by atoms with Crippen LogP contribution >= 0.6 is 34.7 Å². The molecule has 0 N–H and O–H groups in total. The van der Waals surface area contributed by atoms with Crippen LogP contribution in [0.15, 0.2) is 58.4 Å². The van der Waals surface area contributed by atoms with E-state index in [0.717, 1.165) is 28.7 Å². The molecular formula is C25H21ClN2O6S2. The molecule has 36 heavy (non-hydrogen) atoms. The minimum Gasteiger partial charge on any atom is -0.497 e. The van der Waals surface area contributed by atoms with Crippen molar-refractivity contribution in [2.45, 2.75) is 29.7 Å². The van der Waals surface area contributed by atoms with E-state index in [0.29, 0.717) is 26.4 Å². The van der Waals surface area contributed by atoms with Gasteiger partial charge in [0.1, 0.15) is 17.5 Å². The zero-order chi connectivity index (χ0) is 25.6. The molecule has 3 atom stereocenters. The van der Waals surface area contributed by atoms with Crippen LogP contribution in [0.4, 0.5) is 5.69 Å². The summed E-state index contributed by atoms with van der Waals surface area (Å²) in [7, 11) is 1.56. The van der Waals surface area contributed by atoms with Gasteiger partial charge in [0.05, 0.1) is 30.3 Å². The number of halogens is 1. The number of carbonyl (C=O) groups excluding carboxylic acids is 3. The molecular weight excluding hydrogens is 524 g/mol. The first-order valence-corrected chi connectivity index (χ1v) is 13.2. The van der Waals surface area contributed by atoms with Crippen molar-refractivity contribution >= 4 is 58.2 Å². The number of methoxy groups -OCH3 is 1. The topological polar surface area (TPSA) is 94.9 Å². The highest BCUT2D eigenvalue weighted by molar-refractivity contribution is 8.00. The second-order valence-corrected chi connectivity index (χ2v) is 10.8. The van der Waals surface area contributed by atoms with Crippen molar-refractivity contribution in [2.75, 3.05) is 18.6 Å². The second-order valence-electron chi connectivity index (χ2n) is 8.23. The Morgan fingerprint density at radius 2 is 1.72 bits per heavy atom. The normalized spacial score (nSPS) is 20.8. The second kappa shape index (κ2) is 9.76. The molecule has 2 aliphatic rings. The number of nitrogens with zero attached hydrogens (tertiary/aromatic N) is 2. The maximum absolute atomic E-state index is 13.8. The number of aromatic nitrogens is 1. The molecule has 5 rings (SSSR count). The monoisotopic (exact) mass is 544 g/mol. The smallest absolute Gasteiger partial charge is 0.326 e. The molecule has 0 bridgehead atoms. The summed E-state index contributed by atoms with van der Waals surface area (Å²) in [5.41, 5.74) is 1.21. The molecule has 1 fully saturated rings. The number of thiazole rings is 1. The van der Waals surface area contributed by atoms with Crippen LogP contribution in [0.5, 0.6) is 5.75 Å². The van der Waals surface area contributed by atoms with Crippen LogP contribution in [0.3, 0.4) is 0 Å². The van der Waals surface area contributed by atoms with Gasteiger partial charge in [0.2, 0.25) is 11.8 Å². The molecule has 0 saturated carbocycles. The van der Waals surface area contributed by atoms with Crippen molar-refractivity contribution in [3.63, 3.8) is 0 Å². The summed E-state index contributed by atoms with van der Waals surface area (Å²) in [4.78, 5) is 54.1. The quantitative estimate of drug-likeness (QED) is 0.343. The minimum atomic E-state index is -0.768. The van der Waals surface area contributed by atoms with Crippen molar-refractivity contribution < 1.29 is 23.9 Å². The number of imide groups is 1. The molecule has 8 nitrogen and oxygen atoms in total. The van der Waals surface area contributed by atoms with Crippen LogP contribution in [-0.4, -0.2) is 41.3 Å². The van der Waals surface area contributed by atoms with Gasteiger partial charge in [-0.1, -0.05) is 46.8 Å². The molecule has 3 aromatic rings. The number of carbonyl (C=O) groups is 3. The van der Waals surface area contributed by atoms with Crippen LogP contribution in [0.25, 0.3) is 0 Å². The van der Waals surface area contributed by atoms with Crippen LogP contribution in [0.1, 0.15) is 23.3 Å². The Balaban J connectivity index is 1.63. The van der Waals surface area contributed by atoms with Gasteiger partial charge in [-0.3, -0.25) is 23.7 Å². The first kappa shape index (κ1) is 24.6. The minimum absolute atomic E-state index is 0.190. The number of amides is 2. The van der Waals surface area contributed by atoms with E-state index >= 15 is 0 Å². The SMILES string of the molecule is CCOC(=O)Cn1c2c(sc1=O)[C@H](c1ccc(OC)cc1)C1C(=O)N(c3ccc(Cl)cc3)C(=O)C1S2. The number of benzene rings is 2. The van der Waals surface area contributed by atoms with Crippen LogP contribution in [0, 0.1) is 5.92 Å². The highest BCUT2D eigenvalue weighted by Crippen LogP contribution is 2.54. The molecule has 2 unspecified atom stereocenters. The largest absolute Gasteiger partial charge is 0.497 e. The number of esters is 1. The predicted octanol–water partition coefficient (Wildman–Crippen LogP) is 3.93. The molecule has 2 aliphatic heterocycles. The number of thioether (sulfide) groups is 1. The molecule has 3 heterocycles. The molecule has 2 aromatic carbocycles. The third-order valence-electron chi connectivity index (χ3n) is 6.20. The first-order chi connectivity index (χ1) is 17.3. The third kappa shape index (κ3) is 4.12. The van der Waals surface area contributed by atoms with Gasteiger partial charge in [-0.15, -0.1) is 0 Å². The van der Waals surface area contributed by atoms with E-state index < -0.39 is 23.1 Å². The Bertz CT molecular complexity index is 1400. The van der Waals surface area contributed by atoms with Crippen molar-refractivity contribution in [3.8, 4) is 5.75 Å². The van der Waals surface area contributed by atoms with Gasteiger partial charge in [-0.2, -0.15) is 0 Å². The molecule has 0 aliphatic carbocycles. The van der Waals surface area contributed by atoms with E-state index in [2.05, 4.69) is 0 Å². The van der Waals surface area contributed by atoms with Crippen LogP contribution in [-0.2, 0) is 25.7 Å². The maximum atomic E-state index is 13.8. The number of hydrogen-bond acceptors (Lipinski definition) is 8. The molecule has 2 amide bonds. The Labute approximate surface area is 219 Å². The zero-order valence-corrected chi connectivity index (χ0v) is 21.7. The zero-order valence-electron chi connectivity index (χ0n) is 19.3. The van der Waals surface area contributed by atoms with Crippen molar-refractivity contribution in [2.24, 2.45) is 5.92 Å². The lowest BCUT2D eigenvalue weighted by atomic mass is 9.83. The summed E-state index contributed by atoms with van der Waals surface area (Å²) in [5, 5.41) is 0.236. The van der Waals surface area contributed by atoms with Gasteiger partial charge in [0.15, 0.2) is 0 Å². The molecule has 1 saturated heterocycles. The third-order valence-corrected chi connectivity index (χ3v) is 9.06. The van der Waals surface area contributed by atoms with E-state index in [1.807, 2.05) is 12.1 Å². The summed E-state index contributed by atoms with van der Waals surface area (Å²) in [6.07, 6.45) is 0. The van der Waals surface area contributed by atoms with E-state index in [-0.39, 0.29) is 29.8 Å². The van der Waals surface area contributed by atoms with Crippen LogP contribution < -0.4 is 14.5 Å². The molecule has 0 radical (unpaired) electrons. The number of hydrogen-bond donors (Lipinski definition) is 0. The van der Waals surface area contributed by atoms with Gasteiger partial charge in [-0.05, 0) is 48.9 Å². The number of ether oxygens (including phenoxy) is 2. The summed E-state index contributed by atoms with van der Waals surface area (Å²) < 4.78 is 11.7. The Morgan fingerprint density at radius 1 is 1.03 bits per heavy atom. The lowest BCUT2D eigenvalue weighted by Crippen LogP contribution is -2.32. The average Bonchev–Trinajstić information content (AvgIpc) is 3.31. The van der Waals surface area contributed by atoms with Crippen molar-refractivity contribution in [1.82, 2.24) is 4.57 Å². The van der Waals surface area contributed by atoms with Gasteiger partial charge in [-0.25, -0.2) is 4.90 Å². The van der Waals surface area contributed by atoms with E-state index in [9.17, 15) is 19.2 Å². The first-order valence-electron chi connectivity index (χ1n) is 11.2. The number of anilines is 1. The fraction of sp³-hybridized carbons (Fsp3) is 0.280. The summed E-state index contributed by atoms with van der Waals surface area (Å²) >= 11 is 8.16. The van der Waals surface area contributed by atoms with E-state index in [4.69, 9.17) is 21.1 Å². The van der Waals surface area contributed by atoms with Gasteiger partial charge < -0.3 is 9.47 Å². The van der Waals surface area contributed by atoms with Crippen molar-refractivity contribution in [3.05, 3.63) is 73.7 Å². The number of fused-ring (bicyclic) bond motifs is 2. The molecule has 186 valence electrons. The molecule has 11 heteroatoms. The fourth-order valence-electron chi connectivity index (χ4n) is 4.61. The lowest BCUT2D eigenvalue weighted by molar-refractivity contribution is -0.144. The summed E-state index contributed by atoms with van der Waals surface area (Å²) in [6, 6.07) is 13.8. The highest BCUT2D eigenvalue weighted by Gasteiger charge is 2.56. The van der Waals surface area contributed by atoms with Crippen molar-refractivity contribution in [1.29, 1.82) is 0 Å². The Kier molecular flexibility index (Phi) is 6.67. The van der Waals surface area contributed by atoms with Gasteiger partial charge in [0.25, 0.3) is 0 Å². The Morgan fingerprint density at radius 3 is 2.36 bits per heavy atom. The fourth-order valence-corrected chi connectivity index (χ4v) is 7.51. The summed E-state index contributed by atoms with van der Waals surface area (Å²) in [5.74, 6) is -1.89. The standard InChI is InChI=1S/C25H21ClN2O6S2/c1-3-34-17(29)12-27-24-21(36-25(27)32)18(13-4-10-16(33-2)11-5-13)19-20(35-24)23(31)28(22(19)30)15-8-6-14(26)7-9-15/h4-11,18-20H,3,12H2,1-2H3/t18-,19?,20?/m1/s1. The maximum Gasteiger partial charge on any atom is 0.326 e. The van der Waals surface area contributed by atoms with Gasteiger partial charge in [0, 0.05) is 15.8 Å². The molecule has 1 aromatic heterocycles. The summed E-state index contributed by atoms with van der Waals surface area (Å²) in [6.45, 7) is 1.62. The van der Waals surface area contributed by atoms with Crippen LogP contribution in [0.2, 0.25) is 5.02 Å². The predicted molar refractivity (Wildman–Crippen MR) is 137 cm³/mol. The van der Waals surface area contributed by atoms with E-state index in [1.54, 1.807) is 50.4 Å². The van der Waals surface area contributed by atoms with E-state index in [1.165, 1.54) is 9.47 Å². The lowest BCUT2D eigenvalue weighted by Gasteiger charge is -2.30. The highest BCUT2D eigenvalue weighted by atomic mass is 35.5. The average molecular weight is 545 g/mol.